The molecular weight excluding hydrogens is 356 g/mol. The van der Waals surface area contributed by atoms with Gasteiger partial charge in [-0.05, 0) is 56.9 Å². The Bertz CT molecular complexity index is 889. The smallest absolute Gasteiger partial charge is 0.416 e. The molecule has 0 atom stereocenters. The molecule has 0 fully saturated rings. The van der Waals surface area contributed by atoms with E-state index in [9.17, 15) is 9.59 Å². The number of ether oxygens (including phenoxy) is 1. The molecule has 0 aliphatic carbocycles. The highest BCUT2D eigenvalue weighted by molar-refractivity contribution is 5.88. The van der Waals surface area contributed by atoms with Crippen molar-refractivity contribution in [3.8, 4) is 11.1 Å². The Morgan fingerprint density at radius 1 is 1.29 bits per heavy atom. The van der Waals surface area contributed by atoms with Crippen molar-refractivity contribution in [2.45, 2.75) is 52.7 Å². The lowest BCUT2D eigenvalue weighted by Gasteiger charge is -2.31. The lowest BCUT2D eigenvalue weighted by Crippen LogP contribution is -2.40. The highest BCUT2D eigenvalue weighted by atomic mass is 16.6. The number of rotatable bonds is 3. The van der Waals surface area contributed by atoms with Crippen LogP contribution >= 0.6 is 0 Å². The second kappa shape index (κ2) is 7.96. The van der Waals surface area contributed by atoms with Gasteiger partial charge in [0.2, 0.25) is 5.91 Å². The van der Waals surface area contributed by atoms with Crippen molar-refractivity contribution >= 4 is 17.8 Å². The first-order valence-electron chi connectivity index (χ1n) is 9.42. The number of amides is 2. The molecular formula is C21H26N4O3. The Labute approximate surface area is 165 Å². The Morgan fingerprint density at radius 2 is 2.07 bits per heavy atom. The van der Waals surface area contributed by atoms with Crippen LogP contribution in [0.1, 0.15) is 45.2 Å². The summed E-state index contributed by atoms with van der Waals surface area (Å²) in [6.07, 6.45) is 6.54. The van der Waals surface area contributed by atoms with Crippen molar-refractivity contribution in [1.82, 2.24) is 15.3 Å². The minimum Gasteiger partial charge on any atom is -0.443 e. The third-order valence-corrected chi connectivity index (χ3v) is 4.39. The van der Waals surface area contributed by atoms with Gasteiger partial charge in [0.25, 0.3) is 0 Å². The summed E-state index contributed by atoms with van der Waals surface area (Å²) in [5, 5.41) is 2.82. The molecule has 28 heavy (non-hydrogen) atoms. The van der Waals surface area contributed by atoms with Crippen molar-refractivity contribution in [3.63, 3.8) is 0 Å². The maximum atomic E-state index is 12.5. The van der Waals surface area contributed by atoms with Gasteiger partial charge >= 0.3 is 6.09 Å². The zero-order valence-corrected chi connectivity index (χ0v) is 16.8. The average Bonchev–Trinajstić information content (AvgIpc) is 2.64. The summed E-state index contributed by atoms with van der Waals surface area (Å²) in [7, 11) is 0. The second-order valence-corrected chi connectivity index (χ2v) is 7.88. The van der Waals surface area contributed by atoms with Crippen molar-refractivity contribution in [1.29, 1.82) is 0 Å². The number of fused-ring (bicyclic) bond motifs is 1. The standard InChI is InChI=1S/C21H26N4O3/c1-14(26)23-11-16-7-8-22-13-18(16)17-10-15-6-5-9-25(19(15)24-12-17)20(27)28-21(2,3)4/h7-8,10,12-13H,5-6,9,11H2,1-4H3,(H,23,26). The third kappa shape index (κ3) is 4.65. The van der Waals surface area contributed by atoms with E-state index in [4.69, 9.17) is 4.74 Å². The van der Waals surface area contributed by atoms with Crippen molar-refractivity contribution in [2.75, 3.05) is 11.4 Å². The molecule has 3 rings (SSSR count). The number of anilines is 1. The van der Waals surface area contributed by atoms with E-state index in [-0.39, 0.29) is 12.0 Å². The molecule has 2 aromatic heterocycles. The summed E-state index contributed by atoms with van der Waals surface area (Å²) >= 11 is 0. The number of aromatic nitrogens is 2. The quantitative estimate of drug-likeness (QED) is 0.879. The van der Waals surface area contributed by atoms with Gasteiger partial charge in [0.15, 0.2) is 0 Å². The molecule has 1 aliphatic heterocycles. The van der Waals surface area contributed by atoms with Crippen molar-refractivity contribution < 1.29 is 14.3 Å². The molecule has 7 heteroatoms. The van der Waals surface area contributed by atoms with Gasteiger partial charge in [-0.1, -0.05) is 0 Å². The summed E-state index contributed by atoms with van der Waals surface area (Å²) < 4.78 is 5.52. The van der Waals surface area contributed by atoms with Crippen LogP contribution in [0.4, 0.5) is 10.6 Å². The maximum absolute atomic E-state index is 12.5. The maximum Gasteiger partial charge on any atom is 0.416 e. The first kappa shape index (κ1) is 19.8. The molecule has 0 radical (unpaired) electrons. The molecule has 0 spiro atoms. The van der Waals surface area contributed by atoms with Gasteiger partial charge in [-0.2, -0.15) is 0 Å². The Hall–Kier alpha value is -2.96. The molecule has 0 aromatic carbocycles. The van der Waals surface area contributed by atoms with Gasteiger partial charge in [-0.25, -0.2) is 9.78 Å². The lowest BCUT2D eigenvalue weighted by atomic mass is 9.98. The number of carbonyl (C=O) groups excluding carboxylic acids is 2. The molecule has 7 nitrogen and oxygen atoms in total. The molecule has 2 aromatic rings. The highest BCUT2D eigenvalue weighted by Gasteiger charge is 2.28. The number of carbonyl (C=O) groups is 2. The number of nitrogens with zero attached hydrogens (tertiary/aromatic N) is 3. The van der Waals surface area contributed by atoms with Crippen molar-refractivity contribution in [3.05, 3.63) is 41.9 Å². The van der Waals surface area contributed by atoms with Crippen LogP contribution < -0.4 is 10.2 Å². The Kier molecular flexibility index (Phi) is 5.63. The highest BCUT2D eigenvalue weighted by Crippen LogP contribution is 2.31. The third-order valence-electron chi connectivity index (χ3n) is 4.39. The first-order chi connectivity index (χ1) is 13.2. The van der Waals surface area contributed by atoms with E-state index in [0.29, 0.717) is 18.9 Å². The van der Waals surface area contributed by atoms with E-state index in [1.807, 2.05) is 32.9 Å². The molecule has 0 saturated carbocycles. The van der Waals surface area contributed by atoms with Gasteiger partial charge in [0, 0.05) is 49.7 Å². The fraction of sp³-hybridized carbons (Fsp3) is 0.429. The summed E-state index contributed by atoms with van der Waals surface area (Å²) in [4.78, 5) is 34.2. The number of pyridine rings is 2. The van der Waals surface area contributed by atoms with Gasteiger partial charge in [0.05, 0.1) is 0 Å². The van der Waals surface area contributed by atoms with Crippen LogP contribution in [0, 0.1) is 0 Å². The minimum atomic E-state index is -0.553. The zero-order chi connectivity index (χ0) is 20.3. The normalized spacial score (nSPS) is 13.6. The van der Waals surface area contributed by atoms with Crippen LogP contribution in [0.5, 0.6) is 0 Å². The predicted molar refractivity (Wildman–Crippen MR) is 107 cm³/mol. The van der Waals surface area contributed by atoms with Crippen LogP contribution in [0.2, 0.25) is 0 Å². The lowest BCUT2D eigenvalue weighted by molar-refractivity contribution is -0.119. The topological polar surface area (TPSA) is 84.4 Å². The Morgan fingerprint density at radius 3 is 2.79 bits per heavy atom. The fourth-order valence-corrected chi connectivity index (χ4v) is 3.16. The van der Waals surface area contributed by atoms with E-state index in [2.05, 4.69) is 15.3 Å². The molecule has 0 bridgehead atoms. The van der Waals surface area contributed by atoms with Crippen LogP contribution in [-0.4, -0.2) is 34.1 Å². The molecule has 0 saturated heterocycles. The van der Waals surface area contributed by atoms with Gasteiger partial charge < -0.3 is 10.1 Å². The SMILES string of the molecule is CC(=O)NCc1ccncc1-c1cnc2c(c1)CCCN2C(=O)OC(C)(C)C. The predicted octanol–water partition coefficient (Wildman–Crippen LogP) is 3.47. The van der Waals surface area contributed by atoms with Crippen molar-refractivity contribution in [2.24, 2.45) is 0 Å². The summed E-state index contributed by atoms with van der Waals surface area (Å²) in [5.74, 6) is 0.566. The summed E-state index contributed by atoms with van der Waals surface area (Å²) in [6.45, 7) is 8.07. The number of hydrogen-bond acceptors (Lipinski definition) is 5. The first-order valence-corrected chi connectivity index (χ1v) is 9.42. The van der Waals surface area contributed by atoms with E-state index < -0.39 is 5.60 Å². The zero-order valence-electron chi connectivity index (χ0n) is 16.8. The molecule has 148 valence electrons. The second-order valence-electron chi connectivity index (χ2n) is 7.88. The van der Waals surface area contributed by atoms with E-state index in [1.54, 1.807) is 23.5 Å². The van der Waals surface area contributed by atoms with E-state index >= 15 is 0 Å². The number of nitrogens with one attached hydrogen (secondary N) is 1. The van der Waals surface area contributed by atoms with Crippen LogP contribution in [0.25, 0.3) is 11.1 Å². The summed E-state index contributed by atoms with van der Waals surface area (Å²) in [5.41, 5.74) is 3.25. The summed E-state index contributed by atoms with van der Waals surface area (Å²) in [6, 6.07) is 3.94. The largest absolute Gasteiger partial charge is 0.443 e. The molecule has 3 heterocycles. The van der Waals surface area contributed by atoms with Crippen LogP contribution in [-0.2, 0) is 22.5 Å². The van der Waals surface area contributed by atoms with E-state index in [1.165, 1.54) is 6.92 Å². The fourth-order valence-electron chi connectivity index (χ4n) is 3.16. The molecule has 1 aliphatic rings. The Balaban J connectivity index is 1.90. The van der Waals surface area contributed by atoms with Gasteiger partial charge in [0.1, 0.15) is 11.4 Å². The molecule has 0 unspecified atom stereocenters. The monoisotopic (exact) mass is 382 g/mol. The average molecular weight is 382 g/mol. The van der Waals surface area contributed by atoms with Gasteiger partial charge in [-0.15, -0.1) is 0 Å². The van der Waals surface area contributed by atoms with Gasteiger partial charge in [-0.3, -0.25) is 14.7 Å². The number of hydrogen-bond donors (Lipinski definition) is 1. The number of aryl methyl sites for hydroxylation is 1. The molecule has 1 N–H and O–H groups in total. The minimum absolute atomic E-state index is 0.0840. The van der Waals surface area contributed by atoms with Crippen LogP contribution in [0.3, 0.4) is 0 Å². The molecule has 2 amide bonds. The van der Waals surface area contributed by atoms with Crippen LogP contribution in [0.15, 0.2) is 30.7 Å². The van der Waals surface area contributed by atoms with E-state index in [0.717, 1.165) is 35.1 Å².